The Kier molecular flexibility index (Phi) is 9.25. The van der Waals surface area contributed by atoms with E-state index in [2.05, 4.69) is 46.5 Å². The molecule has 0 saturated carbocycles. The number of hydrogen-bond acceptors (Lipinski definition) is 6. The van der Waals surface area contributed by atoms with Crippen molar-refractivity contribution in [3.05, 3.63) is 80.9 Å². The number of benzene rings is 2. The first kappa shape index (κ1) is 27.8. The number of halogens is 2. The molecule has 36 heavy (non-hydrogen) atoms. The molecule has 0 radical (unpaired) electrons. The molecule has 0 aromatic heterocycles. The fourth-order valence-corrected chi connectivity index (χ4v) is 4.61. The lowest BCUT2D eigenvalue weighted by atomic mass is 9.81. The van der Waals surface area contributed by atoms with Gasteiger partial charge in [0.15, 0.2) is 5.57 Å². The highest BCUT2D eigenvalue weighted by atomic mass is 79.9. The van der Waals surface area contributed by atoms with Crippen LogP contribution in [0.2, 0.25) is 5.02 Å². The standard InChI is InChI=1S/C28H32BrClN2O4/c1-28(2,3)21(19-9-7-6-8-10-19)18-24(25(26(33)35-4)27(34)36-5)32-15-13-31(14-16-32)20-11-12-22(29)23(30)17-20/h6-12,17-18H,13-16H2,1-5H3/b21-18-. The summed E-state index contributed by atoms with van der Waals surface area (Å²) >= 11 is 9.75. The van der Waals surface area contributed by atoms with Gasteiger partial charge >= 0.3 is 11.9 Å². The van der Waals surface area contributed by atoms with Crippen LogP contribution in [0.5, 0.6) is 0 Å². The Morgan fingerprint density at radius 2 is 1.53 bits per heavy atom. The third-order valence-electron chi connectivity index (χ3n) is 6.10. The van der Waals surface area contributed by atoms with Crippen LogP contribution in [0.25, 0.3) is 5.57 Å². The third-order valence-corrected chi connectivity index (χ3v) is 7.33. The van der Waals surface area contributed by atoms with Crippen molar-refractivity contribution < 1.29 is 19.1 Å². The van der Waals surface area contributed by atoms with Gasteiger partial charge in [0.25, 0.3) is 0 Å². The monoisotopic (exact) mass is 574 g/mol. The van der Waals surface area contributed by atoms with E-state index < -0.39 is 11.9 Å². The maximum atomic E-state index is 12.9. The molecule has 8 heteroatoms. The average molecular weight is 576 g/mol. The lowest BCUT2D eigenvalue weighted by Gasteiger charge is -2.39. The van der Waals surface area contributed by atoms with E-state index in [-0.39, 0.29) is 11.0 Å². The van der Waals surface area contributed by atoms with Crippen molar-refractivity contribution >= 4 is 50.7 Å². The first-order valence-electron chi connectivity index (χ1n) is 11.7. The smallest absolute Gasteiger partial charge is 0.347 e. The first-order chi connectivity index (χ1) is 17.1. The van der Waals surface area contributed by atoms with Crippen LogP contribution in [0.15, 0.2) is 70.3 Å². The van der Waals surface area contributed by atoms with Gasteiger partial charge in [-0.1, -0.05) is 62.7 Å². The lowest BCUT2D eigenvalue weighted by Crippen LogP contribution is -2.46. The second-order valence-electron chi connectivity index (χ2n) is 9.49. The van der Waals surface area contributed by atoms with Crippen molar-refractivity contribution in [1.82, 2.24) is 4.90 Å². The van der Waals surface area contributed by atoms with Crippen molar-refractivity contribution in [1.29, 1.82) is 0 Å². The van der Waals surface area contributed by atoms with Crippen LogP contribution in [-0.4, -0.2) is 57.2 Å². The molecule has 0 spiro atoms. The number of nitrogens with zero attached hydrogens (tertiary/aromatic N) is 2. The summed E-state index contributed by atoms with van der Waals surface area (Å²) in [4.78, 5) is 30.0. The van der Waals surface area contributed by atoms with Gasteiger partial charge in [-0.25, -0.2) is 9.59 Å². The van der Waals surface area contributed by atoms with E-state index in [1.165, 1.54) is 14.2 Å². The fraction of sp³-hybridized carbons (Fsp3) is 0.357. The van der Waals surface area contributed by atoms with Crippen LogP contribution in [0.4, 0.5) is 5.69 Å². The van der Waals surface area contributed by atoms with Crippen molar-refractivity contribution in [2.75, 3.05) is 45.3 Å². The molecule has 2 aromatic carbocycles. The summed E-state index contributed by atoms with van der Waals surface area (Å²) in [5, 5.41) is 0.648. The number of piperazine rings is 1. The van der Waals surface area contributed by atoms with Crippen LogP contribution < -0.4 is 4.90 Å². The first-order valence-corrected chi connectivity index (χ1v) is 12.9. The van der Waals surface area contributed by atoms with Crippen molar-refractivity contribution in [2.24, 2.45) is 5.41 Å². The highest BCUT2D eigenvalue weighted by molar-refractivity contribution is 9.10. The number of allylic oxidation sites excluding steroid dienone is 2. The predicted octanol–water partition coefficient (Wildman–Crippen LogP) is 5.95. The van der Waals surface area contributed by atoms with Crippen LogP contribution >= 0.6 is 27.5 Å². The normalized spacial score (nSPS) is 14.4. The van der Waals surface area contributed by atoms with Crippen molar-refractivity contribution in [3.8, 4) is 0 Å². The minimum absolute atomic E-state index is 0.113. The maximum absolute atomic E-state index is 12.9. The number of carbonyl (C=O) groups is 2. The Morgan fingerprint density at radius 3 is 2.03 bits per heavy atom. The van der Waals surface area contributed by atoms with Crippen LogP contribution in [0.1, 0.15) is 26.3 Å². The Balaban J connectivity index is 2.08. The fourth-order valence-electron chi connectivity index (χ4n) is 4.19. The summed E-state index contributed by atoms with van der Waals surface area (Å²) < 4.78 is 10.9. The Hall–Kier alpha value is -2.77. The molecule has 1 saturated heterocycles. The van der Waals surface area contributed by atoms with Gasteiger partial charge in [0.2, 0.25) is 0 Å². The van der Waals surface area contributed by atoms with E-state index in [0.717, 1.165) is 21.3 Å². The molecule has 1 heterocycles. The number of hydrogen-bond donors (Lipinski definition) is 0. The molecular weight excluding hydrogens is 544 g/mol. The minimum Gasteiger partial charge on any atom is -0.465 e. The molecule has 3 rings (SSSR count). The van der Waals surface area contributed by atoms with E-state index in [9.17, 15) is 9.59 Å². The number of esters is 2. The number of carbonyl (C=O) groups excluding carboxylic acids is 2. The van der Waals surface area contributed by atoms with Crippen LogP contribution in [0, 0.1) is 5.41 Å². The molecule has 0 amide bonds. The topological polar surface area (TPSA) is 59.1 Å². The molecule has 6 nitrogen and oxygen atoms in total. The zero-order valence-electron chi connectivity index (χ0n) is 21.3. The van der Waals surface area contributed by atoms with Crippen LogP contribution in [-0.2, 0) is 19.1 Å². The van der Waals surface area contributed by atoms with E-state index in [1.807, 2.05) is 54.6 Å². The van der Waals surface area contributed by atoms with E-state index in [0.29, 0.717) is 36.9 Å². The lowest BCUT2D eigenvalue weighted by molar-refractivity contribution is -0.144. The molecule has 2 aromatic rings. The highest BCUT2D eigenvalue weighted by Gasteiger charge is 2.31. The maximum Gasteiger partial charge on any atom is 0.347 e. The molecule has 0 aliphatic carbocycles. The van der Waals surface area contributed by atoms with Gasteiger partial charge in [0.1, 0.15) is 0 Å². The molecular formula is C28H32BrClN2O4. The molecule has 0 unspecified atom stereocenters. The summed E-state index contributed by atoms with van der Waals surface area (Å²) in [5.74, 6) is -1.45. The molecule has 0 atom stereocenters. The Bertz CT molecular complexity index is 1150. The van der Waals surface area contributed by atoms with E-state index in [1.54, 1.807) is 0 Å². The zero-order chi connectivity index (χ0) is 26.5. The quantitative estimate of drug-likeness (QED) is 0.139. The van der Waals surface area contributed by atoms with Gasteiger partial charge in [-0.15, -0.1) is 0 Å². The number of methoxy groups -OCH3 is 2. The predicted molar refractivity (Wildman–Crippen MR) is 148 cm³/mol. The Labute approximate surface area is 226 Å². The van der Waals surface area contributed by atoms with Gasteiger partial charge in [-0.05, 0) is 56.8 Å². The molecule has 0 N–H and O–H groups in total. The molecule has 1 fully saturated rings. The number of rotatable bonds is 6. The molecule has 0 bridgehead atoms. The second kappa shape index (κ2) is 12.0. The van der Waals surface area contributed by atoms with Gasteiger partial charge < -0.3 is 19.3 Å². The number of ether oxygens (including phenoxy) is 2. The average Bonchev–Trinajstić information content (AvgIpc) is 2.87. The molecule has 192 valence electrons. The molecule has 1 aliphatic rings. The third kappa shape index (κ3) is 6.51. The minimum atomic E-state index is -0.725. The van der Waals surface area contributed by atoms with Crippen LogP contribution in [0.3, 0.4) is 0 Å². The van der Waals surface area contributed by atoms with Crippen molar-refractivity contribution in [2.45, 2.75) is 20.8 Å². The summed E-state index contributed by atoms with van der Waals surface area (Å²) in [6, 6.07) is 15.8. The summed E-state index contributed by atoms with van der Waals surface area (Å²) in [5.41, 5.74) is 3.14. The summed E-state index contributed by atoms with van der Waals surface area (Å²) in [6.45, 7) is 8.85. The summed E-state index contributed by atoms with van der Waals surface area (Å²) in [7, 11) is 2.54. The van der Waals surface area contributed by atoms with Gasteiger partial charge in [-0.2, -0.15) is 0 Å². The zero-order valence-corrected chi connectivity index (χ0v) is 23.6. The second-order valence-corrected chi connectivity index (χ2v) is 10.8. The van der Waals surface area contributed by atoms with E-state index in [4.69, 9.17) is 21.1 Å². The number of anilines is 1. The van der Waals surface area contributed by atoms with Gasteiger partial charge in [0, 0.05) is 36.3 Å². The molecule has 1 aliphatic heterocycles. The van der Waals surface area contributed by atoms with Crippen molar-refractivity contribution in [3.63, 3.8) is 0 Å². The van der Waals surface area contributed by atoms with Gasteiger partial charge in [-0.3, -0.25) is 0 Å². The highest BCUT2D eigenvalue weighted by Crippen LogP contribution is 2.36. The SMILES string of the molecule is COC(=O)C(C(=O)OC)=C(/C=C(/c1ccccc1)C(C)(C)C)N1CCN(c2ccc(Br)c(Cl)c2)CC1. The van der Waals surface area contributed by atoms with E-state index >= 15 is 0 Å². The Morgan fingerprint density at radius 1 is 0.944 bits per heavy atom. The van der Waals surface area contributed by atoms with Gasteiger partial charge in [0.05, 0.1) is 24.9 Å². The largest absolute Gasteiger partial charge is 0.465 e. The summed E-state index contributed by atoms with van der Waals surface area (Å²) in [6.07, 6.45) is 1.94.